The first-order valence-corrected chi connectivity index (χ1v) is 10.1. The van der Waals surface area contributed by atoms with Crippen molar-refractivity contribution in [1.29, 1.82) is 0 Å². The Morgan fingerprint density at radius 1 is 0.966 bits per heavy atom. The highest BCUT2D eigenvalue weighted by molar-refractivity contribution is 5.98. The summed E-state index contributed by atoms with van der Waals surface area (Å²) in [6, 6.07) is 17.1. The largest absolute Gasteiger partial charge is 0.354 e. The summed E-state index contributed by atoms with van der Waals surface area (Å²) in [6.45, 7) is 1.25. The van der Waals surface area contributed by atoms with Gasteiger partial charge in [0.1, 0.15) is 0 Å². The van der Waals surface area contributed by atoms with Gasteiger partial charge in [-0.15, -0.1) is 0 Å². The molecule has 0 radical (unpaired) electrons. The van der Waals surface area contributed by atoms with Crippen LogP contribution in [-0.4, -0.2) is 37.4 Å². The molecule has 2 fully saturated rings. The number of hydrogen-bond acceptors (Lipinski definition) is 3. The number of rotatable bonds is 7. The normalized spacial score (nSPS) is 17.1. The smallest absolute Gasteiger partial charge is 0.251 e. The first kappa shape index (κ1) is 19.2. The number of hydrogen-bond donors (Lipinski definition) is 2. The lowest BCUT2D eigenvalue weighted by atomic mass is 9.96. The number of amides is 3. The Bertz CT molecular complexity index is 905. The maximum absolute atomic E-state index is 12.3. The van der Waals surface area contributed by atoms with E-state index in [-0.39, 0.29) is 29.7 Å². The van der Waals surface area contributed by atoms with Crippen LogP contribution < -0.4 is 15.5 Å². The fraction of sp³-hybridized carbons (Fsp3) is 0.348. The van der Waals surface area contributed by atoms with Crippen molar-refractivity contribution in [1.82, 2.24) is 10.6 Å². The zero-order chi connectivity index (χ0) is 20.3. The molecule has 6 nitrogen and oxygen atoms in total. The predicted octanol–water partition coefficient (Wildman–Crippen LogP) is 2.39. The number of nitrogens with zero attached hydrogens (tertiary/aromatic N) is 1. The van der Waals surface area contributed by atoms with Crippen molar-refractivity contribution in [2.75, 3.05) is 24.5 Å². The first-order valence-electron chi connectivity index (χ1n) is 10.1. The van der Waals surface area contributed by atoms with Gasteiger partial charge in [0.05, 0.1) is 6.54 Å². The minimum Gasteiger partial charge on any atom is -0.354 e. The van der Waals surface area contributed by atoms with E-state index in [0.717, 1.165) is 31.5 Å². The van der Waals surface area contributed by atoms with Gasteiger partial charge in [0.15, 0.2) is 0 Å². The second kappa shape index (κ2) is 8.07. The summed E-state index contributed by atoms with van der Waals surface area (Å²) in [5.74, 6) is -0.383. The average molecular weight is 391 g/mol. The summed E-state index contributed by atoms with van der Waals surface area (Å²) in [5.41, 5.74) is 2.57. The zero-order valence-corrected chi connectivity index (χ0v) is 16.3. The lowest BCUT2D eigenvalue weighted by molar-refractivity contribution is -0.120. The van der Waals surface area contributed by atoms with E-state index in [1.807, 2.05) is 18.2 Å². The molecular weight excluding hydrogens is 366 g/mol. The molecule has 1 aliphatic carbocycles. The van der Waals surface area contributed by atoms with Gasteiger partial charge in [-0.3, -0.25) is 14.4 Å². The van der Waals surface area contributed by atoms with E-state index in [1.165, 1.54) is 5.56 Å². The summed E-state index contributed by atoms with van der Waals surface area (Å²) in [7, 11) is 0. The number of carbonyl (C=O) groups excluding carboxylic acids is 3. The predicted molar refractivity (Wildman–Crippen MR) is 111 cm³/mol. The highest BCUT2D eigenvalue weighted by atomic mass is 16.2. The van der Waals surface area contributed by atoms with Crippen LogP contribution in [0.3, 0.4) is 0 Å². The minimum atomic E-state index is -0.302. The summed E-state index contributed by atoms with van der Waals surface area (Å²) in [4.78, 5) is 38.0. The maximum Gasteiger partial charge on any atom is 0.251 e. The molecular formula is C23H25N3O3. The van der Waals surface area contributed by atoms with Crippen LogP contribution in [0.2, 0.25) is 0 Å². The molecule has 1 saturated heterocycles. The van der Waals surface area contributed by atoms with Gasteiger partial charge >= 0.3 is 0 Å². The SMILES string of the molecule is O=C(CNC(=O)c1ccc(N2CCCC2=O)cc1)NCC1(c2ccccc2)CC1. The Morgan fingerprint density at radius 3 is 2.31 bits per heavy atom. The van der Waals surface area contributed by atoms with Crippen molar-refractivity contribution >= 4 is 23.4 Å². The molecule has 2 aromatic carbocycles. The first-order chi connectivity index (χ1) is 14.1. The van der Waals surface area contributed by atoms with Crippen LogP contribution in [0.15, 0.2) is 54.6 Å². The lowest BCUT2D eigenvalue weighted by Crippen LogP contribution is -2.40. The molecule has 29 heavy (non-hydrogen) atoms. The Balaban J connectivity index is 1.25. The molecule has 0 aromatic heterocycles. The Hall–Kier alpha value is -3.15. The molecule has 2 aromatic rings. The number of benzene rings is 2. The summed E-state index contributed by atoms with van der Waals surface area (Å²) >= 11 is 0. The van der Waals surface area contributed by atoms with E-state index < -0.39 is 0 Å². The maximum atomic E-state index is 12.3. The van der Waals surface area contributed by atoms with Crippen molar-refractivity contribution in [2.45, 2.75) is 31.1 Å². The number of nitrogens with one attached hydrogen (secondary N) is 2. The van der Waals surface area contributed by atoms with Gasteiger partial charge in [-0.25, -0.2) is 0 Å². The Kier molecular flexibility index (Phi) is 5.34. The van der Waals surface area contributed by atoms with Gasteiger partial charge in [0.25, 0.3) is 5.91 Å². The van der Waals surface area contributed by atoms with Crippen molar-refractivity contribution in [3.63, 3.8) is 0 Å². The number of anilines is 1. The molecule has 2 aliphatic rings. The van der Waals surface area contributed by atoms with Crippen LogP contribution in [0.5, 0.6) is 0 Å². The number of carbonyl (C=O) groups is 3. The molecule has 0 atom stereocenters. The molecule has 1 heterocycles. The second-order valence-corrected chi connectivity index (χ2v) is 7.80. The fourth-order valence-corrected chi connectivity index (χ4v) is 3.82. The van der Waals surface area contributed by atoms with E-state index in [0.29, 0.717) is 18.5 Å². The third-order valence-corrected chi connectivity index (χ3v) is 5.79. The van der Waals surface area contributed by atoms with Crippen molar-refractivity contribution in [2.24, 2.45) is 0 Å². The summed E-state index contributed by atoms with van der Waals surface area (Å²) in [5, 5.41) is 5.61. The molecule has 6 heteroatoms. The summed E-state index contributed by atoms with van der Waals surface area (Å²) < 4.78 is 0. The van der Waals surface area contributed by atoms with Gasteiger partial charge in [0.2, 0.25) is 11.8 Å². The molecule has 2 N–H and O–H groups in total. The molecule has 1 aliphatic heterocycles. The second-order valence-electron chi connectivity index (χ2n) is 7.80. The van der Waals surface area contributed by atoms with E-state index in [9.17, 15) is 14.4 Å². The van der Waals surface area contributed by atoms with Gasteiger partial charge < -0.3 is 15.5 Å². The van der Waals surface area contributed by atoms with Crippen LogP contribution >= 0.6 is 0 Å². The lowest BCUT2D eigenvalue weighted by Gasteiger charge is -2.17. The highest BCUT2D eigenvalue weighted by Crippen LogP contribution is 2.47. The van der Waals surface area contributed by atoms with Gasteiger partial charge in [-0.2, -0.15) is 0 Å². The van der Waals surface area contributed by atoms with Crippen LogP contribution in [0.25, 0.3) is 0 Å². The van der Waals surface area contributed by atoms with Crippen molar-refractivity contribution < 1.29 is 14.4 Å². The van der Waals surface area contributed by atoms with Gasteiger partial charge in [0, 0.05) is 36.2 Å². The quantitative estimate of drug-likeness (QED) is 0.761. The van der Waals surface area contributed by atoms with E-state index in [4.69, 9.17) is 0 Å². The molecule has 0 spiro atoms. The molecule has 150 valence electrons. The van der Waals surface area contributed by atoms with E-state index in [1.54, 1.807) is 29.2 Å². The van der Waals surface area contributed by atoms with E-state index in [2.05, 4.69) is 22.8 Å². The molecule has 4 rings (SSSR count). The zero-order valence-electron chi connectivity index (χ0n) is 16.3. The third-order valence-electron chi connectivity index (χ3n) is 5.79. The Morgan fingerprint density at radius 2 is 1.69 bits per heavy atom. The van der Waals surface area contributed by atoms with Crippen LogP contribution in [0.4, 0.5) is 5.69 Å². The Labute approximate surface area is 170 Å². The molecule has 1 saturated carbocycles. The topological polar surface area (TPSA) is 78.5 Å². The van der Waals surface area contributed by atoms with Gasteiger partial charge in [-0.05, 0) is 49.1 Å². The van der Waals surface area contributed by atoms with Crippen molar-refractivity contribution in [3.05, 3.63) is 65.7 Å². The molecule has 3 amide bonds. The minimum absolute atomic E-state index is 0.0454. The van der Waals surface area contributed by atoms with Crippen molar-refractivity contribution in [3.8, 4) is 0 Å². The van der Waals surface area contributed by atoms with Crippen LogP contribution in [0, 0.1) is 0 Å². The van der Waals surface area contributed by atoms with Crippen LogP contribution in [-0.2, 0) is 15.0 Å². The van der Waals surface area contributed by atoms with E-state index >= 15 is 0 Å². The van der Waals surface area contributed by atoms with Gasteiger partial charge in [-0.1, -0.05) is 30.3 Å². The highest BCUT2D eigenvalue weighted by Gasteiger charge is 2.44. The molecule has 0 unspecified atom stereocenters. The molecule has 0 bridgehead atoms. The monoisotopic (exact) mass is 391 g/mol. The fourth-order valence-electron chi connectivity index (χ4n) is 3.82. The average Bonchev–Trinajstić information content (AvgIpc) is 3.44. The summed E-state index contributed by atoms with van der Waals surface area (Å²) in [6.07, 6.45) is 3.57. The van der Waals surface area contributed by atoms with Crippen LogP contribution in [0.1, 0.15) is 41.6 Å². The standard InChI is InChI=1S/C23H25N3O3/c27-20(25-16-23(12-13-23)18-5-2-1-3-6-18)15-24-22(29)17-8-10-19(11-9-17)26-14-4-7-21(26)28/h1-3,5-6,8-11H,4,7,12-16H2,(H,24,29)(H,25,27). The third kappa shape index (κ3) is 4.31.